The number of benzene rings is 1. The van der Waals surface area contributed by atoms with Crippen LogP contribution in [0.2, 0.25) is 0 Å². The van der Waals surface area contributed by atoms with Crippen LogP contribution in [0.3, 0.4) is 0 Å². The minimum Gasteiger partial charge on any atom is -0.290 e. The molecule has 0 aromatic heterocycles. The number of piperidine rings is 1. The fourth-order valence-corrected chi connectivity index (χ4v) is 3.41. The summed E-state index contributed by atoms with van der Waals surface area (Å²) in [6, 6.07) is 10.8. The van der Waals surface area contributed by atoms with Crippen molar-refractivity contribution in [3.05, 3.63) is 48.0 Å². The maximum absolute atomic E-state index is 6.41. The van der Waals surface area contributed by atoms with E-state index >= 15 is 0 Å². The molecule has 0 aliphatic carbocycles. The summed E-state index contributed by atoms with van der Waals surface area (Å²) >= 11 is 0. The molecule has 0 N–H and O–H groups in total. The van der Waals surface area contributed by atoms with Gasteiger partial charge in [0.05, 0.1) is 0 Å². The lowest BCUT2D eigenvalue weighted by atomic mass is 9.74. The molecule has 116 valence electrons. The van der Waals surface area contributed by atoms with Crippen LogP contribution in [0, 0.1) is 5.92 Å². The predicted molar refractivity (Wildman–Crippen MR) is 88.9 cm³/mol. The van der Waals surface area contributed by atoms with E-state index in [1.807, 2.05) is 6.07 Å². The molecule has 1 saturated heterocycles. The van der Waals surface area contributed by atoms with Gasteiger partial charge in [-0.1, -0.05) is 56.3 Å². The van der Waals surface area contributed by atoms with Crippen LogP contribution in [-0.2, 0) is 4.84 Å². The second kappa shape index (κ2) is 6.33. The molecule has 0 spiro atoms. The summed E-state index contributed by atoms with van der Waals surface area (Å²) in [5.41, 5.74) is 2.58. The highest BCUT2D eigenvalue weighted by Gasteiger charge is 2.45. The van der Waals surface area contributed by atoms with Crippen molar-refractivity contribution in [2.45, 2.75) is 65.1 Å². The fourth-order valence-electron chi connectivity index (χ4n) is 3.41. The molecule has 1 aromatic rings. The van der Waals surface area contributed by atoms with Crippen molar-refractivity contribution in [2.24, 2.45) is 5.92 Å². The van der Waals surface area contributed by atoms with Crippen molar-refractivity contribution in [1.29, 1.82) is 0 Å². The Balaban J connectivity index is 2.22. The van der Waals surface area contributed by atoms with Crippen molar-refractivity contribution < 1.29 is 4.84 Å². The molecule has 4 atom stereocenters. The number of hydrogen-bond donors (Lipinski definition) is 0. The Kier molecular flexibility index (Phi) is 4.90. The zero-order valence-electron chi connectivity index (χ0n) is 14.1. The number of nitrogens with zero attached hydrogens (tertiary/aromatic N) is 1. The van der Waals surface area contributed by atoms with Gasteiger partial charge in [0.25, 0.3) is 0 Å². The Morgan fingerprint density at radius 2 is 1.95 bits per heavy atom. The molecule has 0 amide bonds. The normalized spacial score (nSPS) is 32.1. The molecule has 1 aromatic carbocycles. The smallest absolute Gasteiger partial charge is 0.101 e. The third-order valence-electron chi connectivity index (χ3n) is 5.26. The van der Waals surface area contributed by atoms with Gasteiger partial charge in [-0.2, -0.15) is 5.06 Å². The highest BCUT2D eigenvalue weighted by Crippen LogP contribution is 2.42. The van der Waals surface area contributed by atoms with E-state index in [4.69, 9.17) is 4.84 Å². The van der Waals surface area contributed by atoms with Crippen LogP contribution in [0.5, 0.6) is 0 Å². The van der Waals surface area contributed by atoms with E-state index < -0.39 is 0 Å². The van der Waals surface area contributed by atoms with Gasteiger partial charge in [0.1, 0.15) is 6.10 Å². The van der Waals surface area contributed by atoms with Gasteiger partial charge in [-0.3, -0.25) is 4.84 Å². The van der Waals surface area contributed by atoms with Crippen molar-refractivity contribution in [3.63, 3.8) is 0 Å². The first kappa shape index (κ1) is 16.3. The first-order valence-corrected chi connectivity index (χ1v) is 8.08. The Labute approximate surface area is 129 Å². The van der Waals surface area contributed by atoms with Gasteiger partial charge in [-0.05, 0) is 45.1 Å². The summed E-state index contributed by atoms with van der Waals surface area (Å²) in [6.45, 7) is 15.5. The topological polar surface area (TPSA) is 12.5 Å². The largest absolute Gasteiger partial charge is 0.290 e. The van der Waals surface area contributed by atoms with Gasteiger partial charge in [-0.15, -0.1) is 0 Å². The van der Waals surface area contributed by atoms with Gasteiger partial charge in [0, 0.05) is 11.6 Å². The Morgan fingerprint density at radius 3 is 2.52 bits per heavy atom. The second-order valence-corrected chi connectivity index (χ2v) is 6.63. The molecule has 2 nitrogen and oxygen atoms in total. The molecule has 0 saturated carbocycles. The van der Waals surface area contributed by atoms with Gasteiger partial charge < -0.3 is 0 Å². The Morgan fingerprint density at radius 1 is 1.33 bits per heavy atom. The number of rotatable bonds is 4. The summed E-state index contributed by atoms with van der Waals surface area (Å²) in [5.74, 6) is 0.446. The summed E-state index contributed by atoms with van der Waals surface area (Å²) in [7, 11) is 0. The van der Waals surface area contributed by atoms with Crippen LogP contribution in [0.15, 0.2) is 42.5 Å². The Hall–Kier alpha value is -1.12. The van der Waals surface area contributed by atoms with Gasteiger partial charge in [0.15, 0.2) is 0 Å². The van der Waals surface area contributed by atoms with Crippen molar-refractivity contribution in [2.75, 3.05) is 0 Å². The van der Waals surface area contributed by atoms with Crippen molar-refractivity contribution in [3.8, 4) is 0 Å². The minimum absolute atomic E-state index is 0.0117. The third kappa shape index (κ3) is 3.07. The highest BCUT2D eigenvalue weighted by molar-refractivity contribution is 5.18. The van der Waals surface area contributed by atoms with Crippen LogP contribution in [0.4, 0.5) is 0 Å². The zero-order valence-corrected chi connectivity index (χ0v) is 14.1. The van der Waals surface area contributed by atoms with Crippen molar-refractivity contribution in [1.82, 2.24) is 5.06 Å². The van der Waals surface area contributed by atoms with Gasteiger partial charge in [0.2, 0.25) is 0 Å². The third-order valence-corrected chi connectivity index (χ3v) is 5.26. The molecule has 1 heterocycles. The second-order valence-electron chi connectivity index (χ2n) is 6.63. The maximum Gasteiger partial charge on any atom is 0.101 e. The first-order chi connectivity index (χ1) is 9.90. The molecule has 0 bridgehead atoms. The van der Waals surface area contributed by atoms with Crippen LogP contribution in [0.25, 0.3) is 0 Å². The summed E-state index contributed by atoms with van der Waals surface area (Å²) in [6.07, 6.45) is 2.13. The monoisotopic (exact) mass is 287 g/mol. The molecule has 4 unspecified atom stereocenters. The lowest BCUT2D eigenvalue weighted by Crippen LogP contribution is -2.58. The van der Waals surface area contributed by atoms with E-state index in [-0.39, 0.29) is 11.6 Å². The first-order valence-electron chi connectivity index (χ1n) is 8.08. The maximum atomic E-state index is 6.41. The zero-order chi connectivity index (χ0) is 15.6. The van der Waals surface area contributed by atoms with Crippen LogP contribution in [-0.4, -0.2) is 16.6 Å². The van der Waals surface area contributed by atoms with E-state index in [0.29, 0.717) is 12.0 Å². The van der Waals surface area contributed by atoms with E-state index in [0.717, 1.165) is 12.8 Å². The summed E-state index contributed by atoms with van der Waals surface area (Å²) in [5, 5.41) is 2.24. The quantitative estimate of drug-likeness (QED) is 0.711. The summed E-state index contributed by atoms with van der Waals surface area (Å²) < 4.78 is 0. The van der Waals surface area contributed by atoms with E-state index in [1.54, 1.807) is 0 Å². The molecule has 1 aliphatic heterocycles. The van der Waals surface area contributed by atoms with E-state index in [9.17, 15) is 0 Å². The summed E-state index contributed by atoms with van der Waals surface area (Å²) in [4.78, 5) is 6.41. The number of hydrogen-bond acceptors (Lipinski definition) is 2. The number of hydroxylamine groups is 2. The van der Waals surface area contributed by atoms with Crippen molar-refractivity contribution >= 4 is 0 Å². The lowest BCUT2D eigenvalue weighted by Gasteiger charge is -2.52. The van der Waals surface area contributed by atoms with Crippen LogP contribution >= 0.6 is 0 Å². The van der Waals surface area contributed by atoms with E-state index in [2.05, 4.69) is 70.5 Å². The molecule has 1 fully saturated rings. The SMILES string of the molecule is C=C1CC(C)N(OC(C)c2ccccc2)C(C)(CC)C1C. The van der Waals surface area contributed by atoms with Crippen LogP contribution in [0.1, 0.15) is 59.1 Å². The molecular formula is C19H29NO. The average Bonchev–Trinajstić information content (AvgIpc) is 2.50. The lowest BCUT2D eigenvalue weighted by molar-refractivity contribution is -0.285. The molecular weight excluding hydrogens is 258 g/mol. The van der Waals surface area contributed by atoms with Gasteiger partial charge in [-0.25, -0.2) is 0 Å². The molecule has 2 heteroatoms. The molecule has 21 heavy (non-hydrogen) atoms. The minimum atomic E-state index is 0.0117. The standard InChI is InChI=1S/C19H29NO/c1-7-19(6)16(4)14(2)13-15(3)20(19)21-17(5)18-11-9-8-10-12-18/h8-12,15-17H,2,7,13H2,1,3-6H3. The molecule has 0 radical (unpaired) electrons. The van der Waals surface area contributed by atoms with E-state index in [1.165, 1.54) is 11.1 Å². The predicted octanol–water partition coefficient (Wildman–Crippen LogP) is 5.13. The molecule has 1 aliphatic rings. The molecule has 2 rings (SSSR count). The van der Waals surface area contributed by atoms with Crippen LogP contribution < -0.4 is 0 Å². The fraction of sp³-hybridized carbons (Fsp3) is 0.579. The highest BCUT2D eigenvalue weighted by atomic mass is 16.7. The Bertz CT molecular complexity index is 484. The average molecular weight is 287 g/mol. The van der Waals surface area contributed by atoms with Gasteiger partial charge >= 0.3 is 0 Å².